The molecule has 2 atom stereocenters. The molecule has 2 rings (SSSR count). The standard InChI is InChI=1S/C12H14O4/c1-12(16)7(6-13)5-10(15)11-8(12)3-2-4-9(11)14/h2-4,7,13-14,16H,5-6H2,1H3/t7-,12-/m1/s1. The van der Waals surface area contributed by atoms with Crippen molar-refractivity contribution in [1.29, 1.82) is 0 Å². The fraction of sp³-hybridized carbons (Fsp3) is 0.417. The van der Waals surface area contributed by atoms with Crippen molar-refractivity contribution in [3.8, 4) is 5.75 Å². The fourth-order valence-electron chi connectivity index (χ4n) is 2.24. The van der Waals surface area contributed by atoms with Gasteiger partial charge in [-0.1, -0.05) is 12.1 Å². The zero-order valence-electron chi connectivity index (χ0n) is 8.97. The van der Waals surface area contributed by atoms with Gasteiger partial charge in [-0.2, -0.15) is 0 Å². The third-order valence-corrected chi connectivity index (χ3v) is 3.31. The van der Waals surface area contributed by atoms with Crippen LogP contribution in [-0.4, -0.2) is 27.7 Å². The van der Waals surface area contributed by atoms with Gasteiger partial charge in [-0.3, -0.25) is 4.79 Å². The van der Waals surface area contributed by atoms with Gasteiger partial charge in [0.15, 0.2) is 5.78 Å². The molecule has 86 valence electrons. The number of fused-ring (bicyclic) bond motifs is 1. The molecule has 4 heteroatoms. The molecule has 3 N–H and O–H groups in total. The Labute approximate surface area is 93.2 Å². The van der Waals surface area contributed by atoms with Crippen LogP contribution in [0.1, 0.15) is 29.3 Å². The molecule has 0 fully saturated rings. The van der Waals surface area contributed by atoms with E-state index in [0.29, 0.717) is 5.56 Å². The van der Waals surface area contributed by atoms with Gasteiger partial charge in [0.1, 0.15) is 5.75 Å². The number of phenols is 1. The third kappa shape index (κ3) is 1.42. The molecule has 1 aromatic rings. The predicted molar refractivity (Wildman–Crippen MR) is 57.2 cm³/mol. The van der Waals surface area contributed by atoms with Crippen LogP contribution in [0.4, 0.5) is 0 Å². The minimum absolute atomic E-state index is 0.0497. The molecule has 16 heavy (non-hydrogen) atoms. The minimum atomic E-state index is -1.28. The summed E-state index contributed by atoms with van der Waals surface area (Å²) in [6.45, 7) is 1.30. The first-order valence-corrected chi connectivity index (χ1v) is 5.17. The number of ketones is 1. The molecule has 0 aliphatic heterocycles. The molecule has 0 aromatic heterocycles. The van der Waals surface area contributed by atoms with E-state index in [9.17, 15) is 15.0 Å². The van der Waals surface area contributed by atoms with Crippen molar-refractivity contribution < 1.29 is 20.1 Å². The molecule has 0 amide bonds. The lowest BCUT2D eigenvalue weighted by Crippen LogP contribution is -2.41. The number of benzene rings is 1. The van der Waals surface area contributed by atoms with Crippen LogP contribution in [-0.2, 0) is 5.60 Å². The van der Waals surface area contributed by atoms with E-state index in [2.05, 4.69) is 0 Å². The van der Waals surface area contributed by atoms with Crippen LogP contribution in [0.3, 0.4) is 0 Å². The molecule has 1 aromatic carbocycles. The van der Waals surface area contributed by atoms with Crippen LogP contribution >= 0.6 is 0 Å². The zero-order chi connectivity index (χ0) is 11.9. The van der Waals surface area contributed by atoms with Crippen molar-refractivity contribution in [3.05, 3.63) is 29.3 Å². The number of carbonyl (C=O) groups excluding carboxylic acids is 1. The SMILES string of the molecule is C[C@]1(O)c2cccc(O)c2C(=O)C[C@@H]1CO. The van der Waals surface area contributed by atoms with Crippen LogP contribution in [0.2, 0.25) is 0 Å². The number of rotatable bonds is 1. The van der Waals surface area contributed by atoms with Crippen molar-refractivity contribution in [2.24, 2.45) is 5.92 Å². The number of phenolic OH excluding ortho intramolecular Hbond substituents is 1. The molecule has 0 spiro atoms. The average molecular weight is 222 g/mol. The predicted octanol–water partition coefficient (Wildman–Crippen LogP) is 0.795. The third-order valence-electron chi connectivity index (χ3n) is 3.31. The number of aromatic hydroxyl groups is 1. The van der Waals surface area contributed by atoms with Gasteiger partial charge in [0.25, 0.3) is 0 Å². The topological polar surface area (TPSA) is 77.8 Å². The van der Waals surface area contributed by atoms with E-state index in [0.717, 1.165) is 0 Å². The smallest absolute Gasteiger partial charge is 0.167 e. The number of hydrogen-bond acceptors (Lipinski definition) is 4. The maximum Gasteiger partial charge on any atom is 0.167 e. The van der Waals surface area contributed by atoms with Gasteiger partial charge < -0.3 is 15.3 Å². The second-order valence-corrected chi connectivity index (χ2v) is 4.35. The molecule has 0 saturated carbocycles. The van der Waals surface area contributed by atoms with Crippen molar-refractivity contribution in [2.75, 3.05) is 6.61 Å². The average Bonchev–Trinajstić information content (AvgIpc) is 2.23. The summed E-state index contributed by atoms with van der Waals surface area (Å²) in [6, 6.07) is 4.61. The van der Waals surface area contributed by atoms with Crippen LogP contribution < -0.4 is 0 Å². The second-order valence-electron chi connectivity index (χ2n) is 4.35. The lowest BCUT2D eigenvalue weighted by molar-refractivity contribution is -0.0357. The molecule has 0 bridgehead atoms. The van der Waals surface area contributed by atoms with Gasteiger partial charge in [0.2, 0.25) is 0 Å². The van der Waals surface area contributed by atoms with Crippen molar-refractivity contribution in [1.82, 2.24) is 0 Å². The van der Waals surface area contributed by atoms with Crippen LogP contribution in [0.25, 0.3) is 0 Å². The van der Waals surface area contributed by atoms with Crippen LogP contribution in [0.15, 0.2) is 18.2 Å². The highest BCUT2D eigenvalue weighted by atomic mass is 16.3. The molecule has 0 heterocycles. The maximum atomic E-state index is 11.8. The highest BCUT2D eigenvalue weighted by molar-refractivity contribution is 6.01. The van der Waals surface area contributed by atoms with E-state index in [4.69, 9.17) is 5.11 Å². The number of aliphatic hydroxyl groups excluding tert-OH is 1. The maximum absolute atomic E-state index is 11.8. The summed E-state index contributed by atoms with van der Waals surface area (Å²) in [4.78, 5) is 11.8. The molecule has 1 aliphatic carbocycles. The minimum Gasteiger partial charge on any atom is -0.507 e. The summed E-state index contributed by atoms with van der Waals surface area (Å²) >= 11 is 0. The molecule has 0 saturated heterocycles. The Balaban J connectivity index is 2.64. The van der Waals surface area contributed by atoms with E-state index in [1.807, 2.05) is 0 Å². The first-order valence-electron chi connectivity index (χ1n) is 5.17. The summed E-state index contributed by atoms with van der Waals surface area (Å²) in [5.41, 5.74) is -0.712. The number of aliphatic hydroxyl groups is 2. The normalized spacial score (nSPS) is 28.9. The van der Waals surface area contributed by atoms with Gasteiger partial charge in [-0.25, -0.2) is 0 Å². The van der Waals surface area contributed by atoms with Gasteiger partial charge in [-0.05, 0) is 18.6 Å². The Morgan fingerprint density at radius 1 is 1.50 bits per heavy atom. The zero-order valence-corrected chi connectivity index (χ0v) is 8.97. The lowest BCUT2D eigenvalue weighted by Gasteiger charge is -2.37. The number of Topliss-reactive ketones (excluding diaryl/α,β-unsaturated/α-hetero) is 1. The van der Waals surface area contributed by atoms with Crippen molar-refractivity contribution >= 4 is 5.78 Å². The molecule has 0 radical (unpaired) electrons. The Hall–Kier alpha value is -1.39. The number of hydrogen-bond donors (Lipinski definition) is 3. The van der Waals surface area contributed by atoms with Crippen LogP contribution in [0.5, 0.6) is 5.75 Å². The highest BCUT2D eigenvalue weighted by Gasteiger charge is 2.42. The molecule has 4 nitrogen and oxygen atoms in total. The number of carbonyl (C=O) groups is 1. The summed E-state index contributed by atoms with van der Waals surface area (Å²) in [5.74, 6) is -0.868. The van der Waals surface area contributed by atoms with Crippen molar-refractivity contribution in [3.63, 3.8) is 0 Å². The Bertz CT molecular complexity index is 437. The largest absolute Gasteiger partial charge is 0.507 e. The molecular weight excluding hydrogens is 208 g/mol. The summed E-state index contributed by atoms with van der Waals surface area (Å²) < 4.78 is 0. The first-order chi connectivity index (χ1) is 7.48. The lowest BCUT2D eigenvalue weighted by atomic mass is 9.72. The van der Waals surface area contributed by atoms with E-state index < -0.39 is 11.5 Å². The van der Waals surface area contributed by atoms with E-state index >= 15 is 0 Å². The Morgan fingerprint density at radius 2 is 2.19 bits per heavy atom. The van der Waals surface area contributed by atoms with E-state index in [1.54, 1.807) is 19.1 Å². The second kappa shape index (κ2) is 3.57. The van der Waals surface area contributed by atoms with Gasteiger partial charge in [-0.15, -0.1) is 0 Å². The molecule has 1 aliphatic rings. The quantitative estimate of drug-likeness (QED) is 0.656. The summed E-state index contributed by atoms with van der Waals surface area (Å²) in [6.07, 6.45) is 0.0497. The Morgan fingerprint density at radius 3 is 2.81 bits per heavy atom. The van der Waals surface area contributed by atoms with E-state index in [1.165, 1.54) is 6.07 Å². The highest BCUT2D eigenvalue weighted by Crippen LogP contribution is 2.41. The summed E-state index contributed by atoms with van der Waals surface area (Å²) in [5, 5.41) is 29.1. The van der Waals surface area contributed by atoms with E-state index in [-0.39, 0.29) is 30.1 Å². The van der Waals surface area contributed by atoms with Gasteiger partial charge >= 0.3 is 0 Å². The van der Waals surface area contributed by atoms with Gasteiger partial charge in [0, 0.05) is 18.9 Å². The first kappa shape index (κ1) is 11.1. The summed E-state index contributed by atoms with van der Waals surface area (Å²) in [7, 11) is 0. The monoisotopic (exact) mass is 222 g/mol. The van der Waals surface area contributed by atoms with Crippen molar-refractivity contribution in [2.45, 2.75) is 18.9 Å². The molecular formula is C12H14O4. The Kier molecular flexibility index (Phi) is 2.48. The van der Waals surface area contributed by atoms with Crippen LogP contribution in [0, 0.1) is 5.92 Å². The molecule has 0 unspecified atom stereocenters. The fourth-order valence-corrected chi connectivity index (χ4v) is 2.24. The van der Waals surface area contributed by atoms with Gasteiger partial charge in [0.05, 0.1) is 11.2 Å².